The SMILES string of the molecule is CC(=O)O[C@H](c1ccccc1)[C@@H](c1ccccc1)[N+](=O)[O-]. The first-order valence-corrected chi connectivity index (χ1v) is 6.50. The van der Waals surface area contributed by atoms with E-state index < -0.39 is 23.0 Å². The van der Waals surface area contributed by atoms with Crippen LogP contribution in [0.25, 0.3) is 0 Å². The Morgan fingerprint density at radius 1 is 1.00 bits per heavy atom. The fourth-order valence-electron chi connectivity index (χ4n) is 2.19. The molecule has 0 aromatic heterocycles. The summed E-state index contributed by atoms with van der Waals surface area (Å²) in [4.78, 5) is 22.4. The molecule has 5 heteroatoms. The largest absolute Gasteiger partial charge is 0.450 e. The topological polar surface area (TPSA) is 69.4 Å². The Kier molecular flexibility index (Phi) is 4.66. The number of esters is 1. The number of carbonyl (C=O) groups excluding carboxylic acids is 1. The Morgan fingerprint density at radius 3 is 1.90 bits per heavy atom. The summed E-state index contributed by atoms with van der Waals surface area (Å²) in [5.41, 5.74) is 1.09. The highest BCUT2D eigenvalue weighted by atomic mass is 16.6. The lowest BCUT2D eigenvalue weighted by atomic mass is 9.96. The van der Waals surface area contributed by atoms with Crippen molar-refractivity contribution in [2.45, 2.75) is 19.1 Å². The highest BCUT2D eigenvalue weighted by molar-refractivity contribution is 5.66. The number of benzene rings is 2. The minimum atomic E-state index is -1.14. The van der Waals surface area contributed by atoms with E-state index in [1.54, 1.807) is 60.7 Å². The van der Waals surface area contributed by atoms with Crippen molar-refractivity contribution in [2.24, 2.45) is 0 Å². The van der Waals surface area contributed by atoms with Crippen molar-refractivity contribution < 1.29 is 14.5 Å². The van der Waals surface area contributed by atoms with E-state index in [2.05, 4.69) is 0 Å². The maximum atomic E-state index is 11.5. The number of hydrogen-bond donors (Lipinski definition) is 0. The Labute approximate surface area is 122 Å². The minimum Gasteiger partial charge on any atom is -0.450 e. The number of nitro groups is 1. The highest BCUT2D eigenvalue weighted by Gasteiger charge is 2.36. The van der Waals surface area contributed by atoms with Crippen molar-refractivity contribution in [3.8, 4) is 0 Å². The zero-order valence-corrected chi connectivity index (χ0v) is 11.5. The molecule has 2 atom stereocenters. The first-order chi connectivity index (χ1) is 10.1. The normalized spacial score (nSPS) is 13.2. The van der Waals surface area contributed by atoms with E-state index in [0.717, 1.165) is 0 Å². The van der Waals surface area contributed by atoms with E-state index >= 15 is 0 Å². The molecule has 0 saturated heterocycles. The van der Waals surface area contributed by atoms with Crippen LogP contribution in [0.1, 0.15) is 30.2 Å². The maximum absolute atomic E-state index is 11.5. The fraction of sp³-hybridized carbons (Fsp3) is 0.188. The number of ether oxygens (including phenoxy) is 1. The number of hydrogen-bond acceptors (Lipinski definition) is 4. The van der Waals surface area contributed by atoms with Crippen molar-refractivity contribution in [2.75, 3.05) is 0 Å². The Balaban J connectivity index is 2.46. The molecule has 0 heterocycles. The van der Waals surface area contributed by atoms with Crippen LogP contribution in [0.5, 0.6) is 0 Å². The minimum absolute atomic E-state index is 0.421. The number of carbonyl (C=O) groups is 1. The van der Waals surface area contributed by atoms with Crippen LogP contribution < -0.4 is 0 Å². The molecule has 21 heavy (non-hydrogen) atoms. The van der Waals surface area contributed by atoms with Gasteiger partial charge in [0.1, 0.15) is 0 Å². The fourth-order valence-corrected chi connectivity index (χ4v) is 2.19. The van der Waals surface area contributed by atoms with Gasteiger partial charge >= 0.3 is 5.97 Å². The molecule has 0 aliphatic heterocycles. The molecule has 5 nitrogen and oxygen atoms in total. The van der Waals surface area contributed by atoms with Gasteiger partial charge in [-0.05, 0) is 5.56 Å². The molecule has 0 fully saturated rings. The molecule has 2 aromatic carbocycles. The van der Waals surface area contributed by atoms with E-state index in [0.29, 0.717) is 11.1 Å². The van der Waals surface area contributed by atoms with Gasteiger partial charge in [0.15, 0.2) is 6.10 Å². The second-order valence-electron chi connectivity index (χ2n) is 4.58. The quantitative estimate of drug-likeness (QED) is 0.480. The third-order valence-corrected chi connectivity index (χ3v) is 3.08. The van der Waals surface area contributed by atoms with Crippen LogP contribution in [0, 0.1) is 10.1 Å². The molecule has 0 radical (unpaired) electrons. The molecular weight excluding hydrogens is 270 g/mol. The van der Waals surface area contributed by atoms with E-state index in [4.69, 9.17) is 4.74 Å². The summed E-state index contributed by atoms with van der Waals surface area (Å²) >= 11 is 0. The lowest BCUT2D eigenvalue weighted by molar-refractivity contribution is -0.542. The van der Waals surface area contributed by atoms with Gasteiger partial charge in [-0.1, -0.05) is 60.7 Å². The zero-order chi connectivity index (χ0) is 15.2. The Hall–Kier alpha value is -2.69. The standard InChI is InChI=1S/C16H15NO4/c1-12(18)21-16(14-10-6-3-7-11-14)15(17(19)20)13-8-4-2-5-9-13/h2-11,15-16H,1H3/t15-,16-/m1/s1. The molecule has 0 spiro atoms. The molecule has 2 aromatic rings. The van der Waals surface area contributed by atoms with Crippen molar-refractivity contribution >= 4 is 5.97 Å². The summed E-state index contributed by atoms with van der Waals surface area (Å²) in [6.07, 6.45) is -0.957. The maximum Gasteiger partial charge on any atom is 0.303 e. The molecule has 0 saturated carbocycles. The van der Waals surface area contributed by atoms with Crippen LogP contribution in [-0.2, 0) is 9.53 Å². The average molecular weight is 285 g/mol. The highest BCUT2D eigenvalue weighted by Crippen LogP contribution is 2.34. The van der Waals surface area contributed by atoms with Crippen LogP contribution >= 0.6 is 0 Å². The van der Waals surface area contributed by atoms with Crippen LogP contribution in [0.2, 0.25) is 0 Å². The van der Waals surface area contributed by atoms with E-state index in [-0.39, 0.29) is 0 Å². The van der Waals surface area contributed by atoms with Gasteiger partial charge in [0.25, 0.3) is 6.04 Å². The van der Waals surface area contributed by atoms with Crippen LogP contribution in [0.3, 0.4) is 0 Å². The van der Waals surface area contributed by atoms with Gasteiger partial charge < -0.3 is 4.74 Å². The van der Waals surface area contributed by atoms with Crippen molar-refractivity contribution in [1.29, 1.82) is 0 Å². The lowest BCUT2D eigenvalue weighted by Gasteiger charge is -2.21. The summed E-state index contributed by atoms with van der Waals surface area (Å²) in [5.74, 6) is -0.549. The van der Waals surface area contributed by atoms with E-state index in [1.165, 1.54) is 6.92 Å². The predicted molar refractivity (Wildman–Crippen MR) is 77.1 cm³/mol. The first kappa shape index (κ1) is 14.7. The van der Waals surface area contributed by atoms with E-state index in [1.807, 2.05) is 0 Å². The summed E-state index contributed by atoms with van der Waals surface area (Å²) in [5, 5.41) is 11.5. The monoisotopic (exact) mass is 285 g/mol. The molecule has 0 amide bonds. The third-order valence-electron chi connectivity index (χ3n) is 3.08. The van der Waals surface area contributed by atoms with Gasteiger partial charge in [0, 0.05) is 17.4 Å². The molecule has 2 rings (SSSR count). The Morgan fingerprint density at radius 2 is 1.48 bits per heavy atom. The van der Waals surface area contributed by atoms with Gasteiger partial charge in [-0.25, -0.2) is 0 Å². The summed E-state index contributed by atoms with van der Waals surface area (Å²) in [7, 11) is 0. The Bertz CT molecular complexity index is 613. The number of rotatable bonds is 5. The zero-order valence-electron chi connectivity index (χ0n) is 11.5. The lowest BCUT2D eigenvalue weighted by Crippen LogP contribution is -2.23. The number of nitrogens with zero attached hydrogens (tertiary/aromatic N) is 1. The second kappa shape index (κ2) is 6.65. The molecule has 0 N–H and O–H groups in total. The average Bonchev–Trinajstić information content (AvgIpc) is 2.48. The van der Waals surface area contributed by atoms with Gasteiger partial charge in [-0.15, -0.1) is 0 Å². The van der Waals surface area contributed by atoms with E-state index in [9.17, 15) is 14.9 Å². The molecule has 0 aliphatic rings. The van der Waals surface area contributed by atoms with Gasteiger partial charge in [-0.3, -0.25) is 14.9 Å². The van der Waals surface area contributed by atoms with Crippen molar-refractivity contribution in [3.05, 3.63) is 81.9 Å². The van der Waals surface area contributed by atoms with Gasteiger partial charge in [0.2, 0.25) is 0 Å². The molecule has 0 unspecified atom stereocenters. The van der Waals surface area contributed by atoms with Gasteiger partial charge in [-0.2, -0.15) is 0 Å². The van der Waals surface area contributed by atoms with Crippen molar-refractivity contribution in [3.63, 3.8) is 0 Å². The van der Waals surface area contributed by atoms with Crippen LogP contribution in [-0.4, -0.2) is 10.9 Å². The molecule has 0 bridgehead atoms. The summed E-state index contributed by atoms with van der Waals surface area (Å²) < 4.78 is 5.23. The summed E-state index contributed by atoms with van der Waals surface area (Å²) in [6.45, 7) is 1.25. The molecule has 108 valence electrons. The predicted octanol–water partition coefficient (Wildman–Crippen LogP) is 3.31. The smallest absolute Gasteiger partial charge is 0.303 e. The molecule has 0 aliphatic carbocycles. The van der Waals surface area contributed by atoms with Crippen molar-refractivity contribution in [1.82, 2.24) is 0 Å². The summed E-state index contributed by atoms with van der Waals surface area (Å²) in [6, 6.07) is 16.2. The molecular formula is C16H15NO4. The van der Waals surface area contributed by atoms with Crippen LogP contribution in [0.15, 0.2) is 60.7 Å². The third kappa shape index (κ3) is 3.66. The second-order valence-corrected chi connectivity index (χ2v) is 4.58. The van der Waals surface area contributed by atoms with Gasteiger partial charge in [0.05, 0.1) is 0 Å². The van der Waals surface area contributed by atoms with Crippen LogP contribution in [0.4, 0.5) is 0 Å². The first-order valence-electron chi connectivity index (χ1n) is 6.50.